The fourth-order valence-corrected chi connectivity index (χ4v) is 5.76. The molecule has 11 heteroatoms. The van der Waals surface area contributed by atoms with Crippen LogP contribution in [0.15, 0.2) is 48.5 Å². The van der Waals surface area contributed by atoms with Crippen LogP contribution in [-0.4, -0.2) is 76.3 Å². The van der Waals surface area contributed by atoms with Crippen LogP contribution in [0.3, 0.4) is 0 Å². The molecule has 2 fully saturated rings. The van der Waals surface area contributed by atoms with E-state index in [4.69, 9.17) is 18.6 Å². The average Bonchev–Trinajstić information content (AvgIpc) is 3.25. The first-order chi connectivity index (χ1) is 18.9. The lowest BCUT2D eigenvalue weighted by Crippen LogP contribution is -2.52. The molecule has 3 heterocycles. The SMILES string of the molecule is CC(C)(C)[Si](C)(C)OC[C@@H]1OC(=O)N2c3ccc(N4CCN(C(=O)OCc5ccccc5)CC4=O)cc3OC[C@@H]12. The second-order valence-electron chi connectivity index (χ2n) is 11.9. The third-order valence-corrected chi connectivity index (χ3v) is 12.7. The molecule has 3 aliphatic rings. The number of carbonyl (C=O) groups excluding carboxylic acids is 3. The number of cyclic esters (lactones) is 1. The van der Waals surface area contributed by atoms with E-state index < -0.39 is 26.6 Å². The lowest BCUT2D eigenvalue weighted by molar-refractivity contribution is -0.120. The van der Waals surface area contributed by atoms with Gasteiger partial charge in [0, 0.05) is 24.8 Å². The number of rotatable bonds is 6. The second kappa shape index (κ2) is 10.8. The van der Waals surface area contributed by atoms with E-state index in [1.54, 1.807) is 28.0 Å². The van der Waals surface area contributed by atoms with Crippen molar-refractivity contribution in [3.63, 3.8) is 0 Å². The predicted octanol–water partition coefficient (Wildman–Crippen LogP) is 4.78. The third kappa shape index (κ3) is 5.53. The van der Waals surface area contributed by atoms with Crippen LogP contribution in [-0.2, 0) is 25.3 Å². The van der Waals surface area contributed by atoms with Crippen molar-refractivity contribution in [2.45, 2.75) is 57.7 Å². The zero-order valence-corrected chi connectivity index (χ0v) is 24.7. The summed E-state index contributed by atoms with van der Waals surface area (Å²) >= 11 is 0. The lowest BCUT2D eigenvalue weighted by Gasteiger charge is -2.38. The van der Waals surface area contributed by atoms with Gasteiger partial charge in [-0.2, -0.15) is 0 Å². The van der Waals surface area contributed by atoms with Crippen LogP contribution in [0.25, 0.3) is 0 Å². The third-order valence-electron chi connectivity index (χ3n) is 8.23. The maximum absolute atomic E-state index is 13.0. The van der Waals surface area contributed by atoms with Crippen LogP contribution >= 0.6 is 0 Å². The highest BCUT2D eigenvalue weighted by atomic mass is 28.4. The Bertz CT molecular complexity index is 1280. The van der Waals surface area contributed by atoms with Gasteiger partial charge in [-0.05, 0) is 35.8 Å². The molecule has 40 heavy (non-hydrogen) atoms. The number of amides is 3. The van der Waals surface area contributed by atoms with Gasteiger partial charge in [0.1, 0.15) is 37.7 Å². The summed E-state index contributed by atoms with van der Waals surface area (Å²) < 4.78 is 23.5. The van der Waals surface area contributed by atoms with Crippen molar-refractivity contribution < 1.29 is 33.0 Å². The van der Waals surface area contributed by atoms with Gasteiger partial charge in [-0.15, -0.1) is 0 Å². The number of piperazine rings is 1. The Labute approximate surface area is 235 Å². The van der Waals surface area contributed by atoms with E-state index in [9.17, 15) is 14.4 Å². The van der Waals surface area contributed by atoms with Crippen molar-refractivity contribution in [3.05, 3.63) is 54.1 Å². The van der Waals surface area contributed by atoms with Gasteiger partial charge in [-0.1, -0.05) is 51.1 Å². The molecule has 10 nitrogen and oxygen atoms in total. The first-order valence-corrected chi connectivity index (χ1v) is 16.5. The fourth-order valence-electron chi connectivity index (χ4n) is 4.75. The Kier molecular flexibility index (Phi) is 7.53. The largest absolute Gasteiger partial charge is 0.489 e. The highest BCUT2D eigenvalue weighted by Gasteiger charge is 2.48. The zero-order chi connectivity index (χ0) is 28.7. The number of fused-ring (bicyclic) bond motifs is 3. The van der Waals surface area contributed by atoms with Crippen molar-refractivity contribution in [1.29, 1.82) is 0 Å². The van der Waals surface area contributed by atoms with E-state index in [1.807, 2.05) is 30.3 Å². The molecule has 3 aliphatic heterocycles. The summed E-state index contributed by atoms with van der Waals surface area (Å²) in [7, 11) is -2.01. The van der Waals surface area contributed by atoms with E-state index >= 15 is 0 Å². The van der Waals surface area contributed by atoms with Crippen molar-refractivity contribution in [1.82, 2.24) is 4.90 Å². The Morgan fingerprint density at radius 3 is 2.52 bits per heavy atom. The second-order valence-corrected chi connectivity index (χ2v) is 16.7. The van der Waals surface area contributed by atoms with Crippen molar-refractivity contribution in [3.8, 4) is 5.75 Å². The minimum absolute atomic E-state index is 0.0484. The van der Waals surface area contributed by atoms with Crippen LogP contribution < -0.4 is 14.5 Å². The average molecular weight is 568 g/mol. The highest BCUT2D eigenvalue weighted by Crippen LogP contribution is 2.42. The number of anilines is 2. The molecule has 0 radical (unpaired) electrons. The van der Waals surface area contributed by atoms with Crippen molar-refractivity contribution in [2.75, 3.05) is 42.6 Å². The number of hydrogen-bond donors (Lipinski definition) is 0. The number of carbonyl (C=O) groups is 3. The van der Waals surface area contributed by atoms with Gasteiger partial charge in [0.15, 0.2) is 8.32 Å². The molecule has 2 atom stereocenters. The van der Waals surface area contributed by atoms with E-state index in [1.165, 1.54) is 4.90 Å². The summed E-state index contributed by atoms with van der Waals surface area (Å²) in [6.45, 7) is 12.2. The molecule has 0 aliphatic carbocycles. The number of benzene rings is 2. The molecule has 0 spiro atoms. The van der Waals surface area contributed by atoms with Crippen molar-refractivity contribution in [2.24, 2.45) is 0 Å². The summed E-state index contributed by atoms with van der Waals surface area (Å²) in [6, 6.07) is 14.5. The topological polar surface area (TPSA) is 97.9 Å². The molecule has 0 N–H and O–H groups in total. The van der Waals surface area contributed by atoms with Crippen LogP contribution in [0.4, 0.5) is 21.0 Å². The molecule has 2 aromatic carbocycles. The van der Waals surface area contributed by atoms with Gasteiger partial charge in [-0.3, -0.25) is 14.6 Å². The fraction of sp³-hybridized carbons (Fsp3) is 0.483. The van der Waals surface area contributed by atoms with Crippen LogP contribution in [0, 0.1) is 0 Å². The number of ether oxygens (including phenoxy) is 3. The molecular weight excluding hydrogens is 530 g/mol. The molecule has 2 aromatic rings. The summed E-state index contributed by atoms with van der Waals surface area (Å²) in [4.78, 5) is 43.1. The number of nitrogens with zero attached hydrogens (tertiary/aromatic N) is 3. The van der Waals surface area contributed by atoms with Gasteiger partial charge in [-0.25, -0.2) is 9.59 Å². The van der Waals surface area contributed by atoms with Gasteiger partial charge in [0.05, 0.1) is 12.3 Å². The monoisotopic (exact) mass is 567 g/mol. The Morgan fingerprint density at radius 1 is 1.07 bits per heavy atom. The smallest absolute Gasteiger partial charge is 0.415 e. The Morgan fingerprint density at radius 2 is 1.82 bits per heavy atom. The zero-order valence-electron chi connectivity index (χ0n) is 23.7. The Hall–Kier alpha value is -3.57. The minimum Gasteiger partial charge on any atom is -0.489 e. The normalized spacial score (nSPS) is 21.0. The first-order valence-electron chi connectivity index (χ1n) is 13.6. The van der Waals surface area contributed by atoms with Crippen LogP contribution in [0.1, 0.15) is 26.3 Å². The standard InChI is InChI=1S/C29H37N3O7Si/c1-29(2,3)40(4,5)38-19-25-23-18-36-24-15-21(11-12-22(24)32(23)28(35)39-25)31-14-13-30(16-26(31)33)27(34)37-17-20-9-7-6-8-10-20/h6-12,15,23,25H,13-14,16-19H2,1-5H3/t23-,25-/m0/s1. The molecule has 2 saturated heterocycles. The van der Waals surface area contributed by atoms with E-state index in [2.05, 4.69) is 33.9 Å². The molecule has 0 aromatic heterocycles. The van der Waals surface area contributed by atoms with Gasteiger partial charge in [0.2, 0.25) is 5.91 Å². The van der Waals surface area contributed by atoms with Gasteiger partial charge < -0.3 is 23.5 Å². The van der Waals surface area contributed by atoms with Crippen molar-refractivity contribution >= 4 is 37.8 Å². The summed E-state index contributed by atoms with van der Waals surface area (Å²) in [5.41, 5.74) is 2.13. The molecule has 0 saturated carbocycles. The molecule has 5 rings (SSSR count). The Balaban J connectivity index is 1.21. The number of hydrogen-bond acceptors (Lipinski definition) is 7. The summed E-state index contributed by atoms with van der Waals surface area (Å²) in [5, 5.41) is 0.0484. The highest BCUT2D eigenvalue weighted by molar-refractivity contribution is 6.74. The molecule has 0 unspecified atom stereocenters. The van der Waals surface area contributed by atoms with E-state index in [0.29, 0.717) is 36.8 Å². The van der Waals surface area contributed by atoms with Crippen LogP contribution in [0.2, 0.25) is 18.1 Å². The van der Waals surface area contributed by atoms with E-state index in [0.717, 1.165) is 5.56 Å². The minimum atomic E-state index is -2.01. The molecule has 214 valence electrons. The van der Waals surface area contributed by atoms with Gasteiger partial charge in [0.25, 0.3) is 0 Å². The first kappa shape index (κ1) is 28.0. The predicted molar refractivity (Wildman–Crippen MR) is 152 cm³/mol. The maximum atomic E-state index is 13.0. The molecule has 3 amide bonds. The lowest BCUT2D eigenvalue weighted by atomic mass is 10.1. The van der Waals surface area contributed by atoms with E-state index in [-0.39, 0.29) is 36.7 Å². The quantitative estimate of drug-likeness (QED) is 0.464. The maximum Gasteiger partial charge on any atom is 0.415 e. The summed E-state index contributed by atoms with van der Waals surface area (Å²) in [5.74, 6) is 0.286. The molecular formula is C29H37N3O7Si. The molecule has 0 bridgehead atoms. The van der Waals surface area contributed by atoms with Gasteiger partial charge >= 0.3 is 12.2 Å². The summed E-state index contributed by atoms with van der Waals surface area (Å²) in [6.07, 6.45) is -1.37. The van der Waals surface area contributed by atoms with Crippen LogP contribution in [0.5, 0.6) is 5.75 Å².